The molecule has 1 N–H and O–H groups in total. The minimum Gasteiger partial charge on any atom is -0.503 e. The Hall–Kier alpha value is -3.64. The van der Waals surface area contributed by atoms with Crippen LogP contribution >= 0.6 is 15.9 Å². The Morgan fingerprint density at radius 3 is 2.47 bits per heavy atom. The number of hydrogen-bond acceptors (Lipinski definition) is 4. The predicted octanol–water partition coefficient (Wildman–Crippen LogP) is 6.29. The largest absolute Gasteiger partial charge is 0.503 e. The fraction of sp³-hybridized carbons (Fsp3) is 0.0769. The summed E-state index contributed by atoms with van der Waals surface area (Å²) in [6.07, 6.45) is 0. The van der Waals surface area contributed by atoms with Gasteiger partial charge in [-0.1, -0.05) is 64.5 Å². The number of aliphatic hydroxyl groups excluding tert-OH is 1. The first-order chi connectivity index (χ1) is 15.5. The number of halogens is 1. The highest BCUT2D eigenvalue weighted by Crippen LogP contribution is 2.43. The molecule has 1 aromatic heterocycles. The van der Waals surface area contributed by atoms with Crippen LogP contribution in [0.2, 0.25) is 0 Å². The Morgan fingerprint density at radius 2 is 1.72 bits per heavy atom. The second kappa shape index (κ2) is 7.80. The highest BCUT2D eigenvalue weighted by molar-refractivity contribution is 9.10. The normalized spacial score (nSPS) is 16.2. The molecule has 6 heteroatoms. The van der Waals surface area contributed by atoms with E-state index in [2.05, 4.69) is 15.9 Å². The molecule has 1 unspecified atom stereocenters. The summed E-state index contributed by atoms with van der Waals surface area (Å²) in [5.74, 6) is -1.63. The van der Waals surface area contributed by atoms with Gasteiger partial charge in [-0.3, -0.25) is 14.5 Å². The fourth-order valence-electron chi connectivity index (χ4n) is 4.13. The zero-order valence-corrected chi connectivity index (χ0v) is 18.7. The van der Waals surface area contributed by atoms with Crippen molar-refractivity contribution in [1.82, 2.24) is 0 Å². The molecule has 2 heterocycles. The number of aryl methyl sites for hydroxylation is 1. The van der Waals surface area contributed by atoms with Crippen LogP contribution in [0.25, 0.3) is 11.0 Å². The van der Waals surface area contributed by atoms with Gasteiger partial charge in [0.2, 0.25) is 5.78 Å². The Morgan fingerprint density at radius 1 is 1.00 bits per heavy atom. The molecule has 1 amide bonds. The summed E-state index contributed by atoms with van der Waals surface area (Å²) in [5, 5.41) is 11.6. The quantitative estimate of drug-likeness (QED) is 0.343. The summed E-state index contributed by atoms with van der Waals surface area (Å²) >= 11 is 3.42. The molecule has 1 atom stereocenters. The molecule has 0 saturated carbocycles. The maximum absolute atomic E-state index is 13.6. The van der Waals surface area contributed by atoms with Crippen LogP contribution in [-0.4, -0.2) is 16.8 Å². The first-order valence-electron chi connectivity index (χ1n) is 10.1. The molecule has 4 aromatic rings. The monoisotopic (exact) mass is 487 g/mol. The van der Waals surface area contributed by atoms with Crippen LogP contribution in [0.1, 0.15) is 27.7 Å². The molecule has 5 nitrogen and oxygen atoms in total. The number of aliphatic hydroxyl groups is 1. The molecule has 0 fully saturated rings. The van der Waals surface area contributed by atoms with E-state index in [-0.39, 0.29) is 11.3 Å². The minimum absolute atomic E-state index is 0.00238. The highest BCUT2D eigenvalue weighted by atomic mass is 79.9. The average molecular weight is 488 g/mol. The van der Waals surface area contributed by atoms with Crippen LogP contribution in [0.4, 0.5) is 5.69 Å². The predicted molar refractivity (Wildman–Crippen MR) is 126 cm³/mol. The molecule has 5 rings (SSSR count). The molecule has 0 spiro atoms. The van der Waals surface area contributed by atoms with E-state index in [1.54, 1.807) is 12.1 Å². The van der Waals surface area contributed by atoms with Gasteiger partial charge in [0.1, 0.15) is 5.58 Å². The lowest BCUT2D eigenvalue weighted by molar-refractivity contribution is -0.117. The van der Waals surface area contributed by atoms with Gasteiger partial charge >= 0.3 is 0 Å². The van der Waals surface area contributed by atoms with Gasteiger partial charge in [0.05, 0.1) is 11.6 Å². The summed E-state index contributed by atoms with van der Waals surface area (Å²) < 4.78 is 6.64. The van der Waals surface area contributed by atoms with Crippen molar-refractivity contribution < 1.29 is 19.1 Å². The van der Waals surface area contributed by atoms with Gasteiger partial charge in [0, 0.05) is 15.5 Å². The Bertz CT molecular complexity index is 1400. The number of benzene rings is 3. The van der Waals surface area contributed by atoms with Crippen molar-refractivity contribution in [2.45, 2.75) is 13.0 Å². The van der Waals surface area contributed by atoms with E-state index in [4.69, 9.17) is 4.42 Å². The van der Waals surface area contributed by atoms with E-state index in [9.17, 15) is 14.7 Å². The number of nitrogens with zero attached hydrogens (tertiary/aromatic N) is 1. The van der Waals surface area contributed by atoms with Gasteiger partial charge in [0.25, 0.3) is 5.91 Å². The number of furan rings is 1. The van der Waals surface area contributed by atoms with Gasteiger partial charge in [0.15, 0.2) is 11.5 Å². The fourth-order valence-corrected chi connectivity index (χ4v) is 4.51. The smallest absolute Gasteiger partial charge is 0.294 e. The average Bonchev–Trinajstić information content (AvgIpc) is 3.33. The van der Waals surface area contributed by atoms with E-state index in [1.807, 2.05) is 73.7 Å². The van der Waals surface area contributed by atoms with Crippen molar-refractivity contribution in [2.75, 3.05) is 4.90 Å². The molecule has 3 aromatic carbocycles. The lowest BCUT2D eigenvalue weighted by Crippen LogP contribution is -2.31. The lowest BCUT2D eigenvalue weighted by Gasteiger charge is -2.28. The first kappa shape index (κ1) is 20.3. The topological polar surface area (TPSA) is 70.8 Å². The van der Waals surface area contributed by atoms with Crippen molar-refractivity contribution in [3.05, 3.63) is 112 Å². The second-order valence-corrected chi connectivity index (χ2v) is 8.57. The van der Waals surface area contributed by atoms with Crippen LogP contribution < -0.4 is 4.90 Å². The number of Topliss-reactive ketones (excluding diaryl/α,β-unsaturated/α-hetero) is 1. The second-order valence-electron chi connectivity index (χ2n) is 7.66. The highest BCUT2D eigenvalue weighted by Gasteiger charge is 2.45. The van der Waals surface area contributed by atoms with Crippen LogP contribution in [0.3, 0.4) is 0 Å². The van der Waals surface area contributed by atoms with Gasteiger partial charge in [-0.2, -0.15) is 0 Å². The van der Waals surface area contributed by atoms with E-state index in [1.165, 1.54) is 4.90 Å². The van der Waals surface area contributed by atoms with Crippen molar-refractivity contribution in [1.29, 1.82) is 0 Å². The molecule has 1 aliphatic heterocycles. The van der Waals surface area contributed by atoms with Crippen LogP contribution in [0.15, 0.2) is 99.1 Å². The summed E-state index contributed by atoms with van der Waals surface area (Å²) in [4.78, 5) is 28.3. The summed E-state index contributed by atoms with van der Waals surface area (Å²) in [7, 11) is 0. The van der Waals surface area contributed by atoms with Crippen LogP contribution in [0, 0.1) is 6.92 Å². The number of fused-ring (bicyclic) bond motifs is 1. The van der Waals surface area contributed by atoms with E-state index in [0.717, 1.165) is 21.0 Å². The van der Waals surface area contributed by atoms with Gasteiger partial charge in [-0.15, -0.1) is 0 Å². The molecule has 158 valence electrons. The number of amides is 1. The van der Waals surface area contributed by atoms with Crippen molar-refractivity contribution in [2.24, 2.45) is 0 Å². The third-order valence-electron chi connectivity index (χ3n) is 5.65. The zero-order valence-electron chi connectivity index (χ0n) is 17.1. The molecule has 0 saturated heterocycles. The van der Waals surface area contributed by atoms with E-state index in [0.29, 0.717) is 11.3 Å². The Labute approximate surface area is 192 Å². The third-order valence-corrected chi connectivity index (χ3v) is 6.14. The Balaban J connectivity index is 1.67. The molecular weight excluding hydrogens is 470 g/mol. The lowest BCUT2D eigenvalue weighted by atomic mass is 9.94. The van der Waals surface area contributed by atoms with Crippen LogP contribution in [-0.2, 0) is 4.79 Å². The van der Waals surface area contributed by atoms with Crippen LogP contribution in [0.5, 0.6) is 0 Å². The SMILES string of the molecule is Cc1ccccc1N1C(=O)C(O)=C(C(=O)c2cc3cc(Br)ccc3o2)C1c1ccccc1. The van der Waals surface area contributed by atoms with Crippen molar-refractivity contribution >= 4 is 44.3 Å². The molecule has 0 aliphatic carbocycles. The molecule has 0 bridgehead atoms. The number of para-hydroxylation sites is 1. The van der Waals surface area contributed by atoms with Crippen molar-refractivity contribution in [3.8, 4) is 0 Å². The number of hydrogen-bond donors (Lipinski definition) is 1. The minimum atomic E-state index is -0.780. The number of anilines is 1. The third kappa shape index (κ3) is 3.24. The maximum atomic E-state index is 13.6. The van der Waals surface area contributed by atoms with Gasteiger partial charge in [-0.05, 0) is 48.4 Å². The van der Waals surface area contributed by atoms with Gasteiger partial charge < -0.3 is 9.52 Å². The molecule has 0 radical (unpaired) electrons. The maximum Gasteiger partial charge on any atom is 0.294 e. The molecule has 1 aliphatic rings. The zero-order chi connectivity index (χ0) is 22.4. The number of carbonyl (C=O) groups excluding carboxylic acids is 2. The summed E-state index contributed by atoms with van der Waals surface area (Å²) in [5.41, 5.74) is 2.76. The van der Waals surface area contributed by atoms with Crippen molar-refractivity contribution in [3.63, 3.8) is 0 Å². The first-order valence-corrected chi connectivity index (χ1v) is 10.9. The van der Waals surface area contributed by atoms with E-state index >= 15 is 0 Å². The van der Waals surface area contributed by atoms with E-state index < -0.39 is 23.5 Å². The Kier molecular flexibility index (Phi) is 4.94. The van der Waals surface area contributed by atoms with Gasteiger partial charge in [-0.25, -0.2) is 0 Å². The standard InChI is InChI=1S/C26H18BrNO4/c1-15-7-5-6-10-19(15)28-23(16-8-3-2-4-9-16)22(25(30)26(28)31)24(29)21-14-17-13-18(27)11-12-20(17)32-21/h2-14,23,30H,1H3. The molecular formula is C26H18BrNO4. The summed E-state index contributed by atoms with van der Waals surface area (Å²) in [6, 6.07) is 22.9. The molecule has 32 heavy (non-hydrogen) atoms. The number of rotatable bonds is 4. The summed E-state index contributed by atoms with van der Waals surface area (Å²) in [6.45, 7) is 1.89. The number of ketones is 1. The number of carbonyl (C=O) groups is 2.